The van der Waals surface area contributed by atoms with Gasteiger partial charge in [0.1, 0.15) is 0 Å². The maximum absolute atomic E-state index is 4.31. The van der Waals surface area contributed by atoms with Crippen LogP contribution in [0.15, 0.2) is 24.7 Å². The predicted molar refractivity (Wildman–Crippen MR) is 66.4 cm³/mol. The lowest BCUT2D eigenvalue weighted by atomic mass is 10.3. The van der Waals surface area contributed by atoms with E-state index in [0.717, 1.165) is 18.8 Å². The Hall–Kier alpha value is -1.62. The summed E-state index contributed by atoms with van der Waals surface area (Å²) < 4.78 is 3.78. The van der Waals surface area contributed by atoms with E-state index in [1.165, 1.54) is 5.56 Å². The average molecular weight is 233 g/mol. The van der Waals surface area contributed by atoms with E-state index in [9.17, 15) is 0 Å². The molecule has 0 saturated heterocycles. The molecule has 2 aromatic heterocycles. The Morgan fingerprint density at radius 2 is 2.18 bits per heavy atom. The van der Waals surface area contributed by atoms with Crippen molar-refractivity contribution in [1.29, 1.82) is 0 Å². The molecule has 0 aromatic carbocycles. The summed E-state index contributed by atoms with van der Waals surface area (Å²) in [6.45, 7) is 5.85. The Morgan fingerprint density at radius 1 is 1.35 bits per heavy atom. The fourth-order valence-electron chi connectivity index (χ4n) is 1.64. The second-order valence-electron chi connectivity index (χ2n) is 4.51. The van der Waals surface area contributed by atoms with Crippen molar-refractivity contribution in [3.8, 4) is 0 Å². The van der Waals surface area contributed by atoms with Crippen molar-refractivity contribution in [1.82, 2.24) is 24.9 Å². The molecular formula is C12H19N5. The highest BCUT2D eigenvalue weighted by molar-refractivity contribution is 5.05. The maximum atomic E-state index is 4.31. The topological polar surface area (TPSA) is 47.7 Å². The van der Waals surface area contributed by atoms with Crippen molar-refractivity contribution in [2.75, 3.05) is 0 Å². The number of hydrogen-bond donors (Lipinski definition) is 1. The second kappa shape index (κ2) is 5.14. The van der Waals surface area contributed by atoms with E-state index in [1.54, 1.807) is 0 Å². The molecule has 0 atom stereocenters. The normalized spacial score (nSPS) is 11.3. The van der Waals surface area contributed by atoms with Crippen molar-refractivity contribution >= 4 is 0 Å². The maximum Gasteiger partial charge on any atom is 0.0762 e. The molecule has 2 heterocycles. The van der Waals surface area contributed by atoms with E-state index in [1.807, 2.05) is 34.9 Å². The highest BCUT2D eigenvalue weighted by atomic mass is 15.3. The van der Waals surface area contributed by atoms with Gasteiger partial charge in [0.25, 0.3) is 0 Å². The summed E-state index contributed by atoms with van der Waals surface area (Å²) in [5.41, 5.74) is 2.26. The van der Waals surface area contributed by atoms with Crippen LogP contribution in [0.1, 0.15) is 31.1 Å². The number of aromatic nitrogens is 4. The third-order valence-corrected chi connectivity index (χ3v) is 2.59. The van der Waals surface area contributed by atoms with Crippen LogP contribution in [0.2, 0.25) is 0 Å². The van der Waals surface area contributed by atoms with Gasteiger partial charge in [-0.2, -0.15) is 10.2 Å². The standard InChI is InChI=1S/C12H19N5/c1-10(2)17-9-11(7-14-17)6-13-8-12-4-5-16(3)15-12/h4-5,7,9-10,13H,6,8H2,1-3H3. The minimum atomic E-state index is 0.416. The fraction of sp³-hybridized carbons (Fsp3) is 0.500. The van der Waals surface area contributed by atoms with Gasteiger partial charge in [0.05, 0.1) is 11.9 Å². The van der Waals surface area contributed by atoms with E-state index in [2.05, 4.69) is 35.6 Å². The first-order valence-electron chi connectivity index (χ1n) is 5.87. The molecule has 0 aliphatic carbocycles. The molecule has 17 heavy (non-hydrogen) atoms. The minimum Gasteiger partial charge on any atom is -0.307 e. The van der Waals surface area contributed by atoms with E-state index in [-0.39, 0.29) is 0 Å². The molecule has 2 aromatic rings. The largest absolute Gasteiger partial charge is 0.307 e. The molecule has 0 amide bonds. The first kappa shape index (κ1) is 11.9. The Bertz CT molecular complexity index is 469. The molecule has 5 heteroatoms. The highest BCUT2D eigenvalue weighted by Crippen LogP contribution is 2.05. The Labute approximate surface area is 101 Å². The van der Waals surface area contributed by atoms with Gasteiger partial charge in [0.2, 0.25) is 0 Å². The summed E-state index contributed by atoms with van der Waals surface area (Å²) in [4.78, 5) is 0. The van der Waals surface area contributed by atoms with Crippen LogP contribution in [0.3, 0.4) is 0 Å². The summed E-state index contributed by atoms with van der Waals surface area (Å²) in [6, 6.07) is 2.43. The quantitative estimate of drug-likeness (QED) is 0.851. The first-order valence-corrected chi connectivity index (χ1v) is 5.87. The second-order valence-corrected chi connectivity index (χ2v) is 4.51. The van der Waals surface area contributed by atoms with E-state index < -0.39 is 0 Å². The van der Waals surface area contributed by atoms with Crippen LogP contribution in [0.5, 0.6) is 0 Å². The van der Waals surface area contributed by atoms with Gasteiger partial charge in [-0.15, -0.1) is 0 Å². The molecule has 2 rings (SSSR count). The summed E-state index contributed by atoms with van der Waals surface area (Å²) in [7, 11) is 1.93. The third kappa shape index (κ3) is 3.17. The van der Waals surface area contributed by atoms with E-state index in [0.29, 0.717) is 6.04 Å². The van der Waals surface area contributed by atoms with Gasteiger partial charge < -0.3 is 5.32 Å². The lowest BCUT2D eigenvalue weighted by Gasteiger charge is -2.03. The molecule has 0 saturated carbocycles. The highest BCUT2D eigenvalue weighted by Gasteiger charge is 2.02. The molecule has 0 radical (unpaired) electrons. The number of nitrogens with one attached hydrogen (secondary N) is 1. The Kier molecular flexibility index (Phi) is 3.58. The zero-order valence-corrected chi connectivity index (χ0v) is 10.6. The molecule has 0 aliphatic rings. The summed E-state index contributed by atoms with van der Waals surface area (Å²) >= 11 is 0. The fourth-order valence-corrected chi connectivity index (χ4v) is 1.64. The zero-order chi connectivity index (χ0) is 12.3. The Balaban J connectivity index is 1.81. The van der Waals surface area contributed by atoms with Crippen molar-refractivity contribution in [3.63, 3.8) is 0 Å². The predicted octanol–water partition coefficient (Wildman–Crippen LogP) is 1.49. The molecule has 0 fully saturated rings. The van der Waals surface area contributed by atoms with Crippen molar-refractivity contribution in [2.24, 2.45) is 7.05 Å². The Morgan fingerprint density at radius 3 is 2.76 bits per heavy atom. The number of rotatable bonds is 5. The number of nitrogens with zero attached hydrogens (tertiary/aromatic N) is 4. The van der Waals surface area contributed by atoms with Crippen molar-refractivity contribution < 1.29 is 0 Å². The SMILES string of the molecule is CC(C)n1cc(CNCc2ccn(C)n2)cn1. The third-order valence-electron chi connectivity index (χ3n) is 2.59. The summed E-state index contributed by atoms with van der Waals surface area (Å²) in [5, 5.41) is 12.0. The van der Waals surface area contributed by atoms with Crippen molar-refractivity contribution in [3.05, 3.63) is 35.9 Å². The lowest BCUT2D eigenvalue weighted by molar-refractivity contribution is 0.531. The summed E-state index contributed by atoms with van der Waals surface area (Å²) in [5.74, 6) is 0. The van der Waals surface area contributed by atoms with Crippen molar-refractivity contribution in [2.45, 2.75) is 33.0 Å². The van der Waals surface area contributed by atoms with Crippen LogP contribution < -0.4 is 5.32 Å². The smallest absolute Gasteiger partial charge is 0.0762 e. The lowest BCUT2D eigenvalue weighted by Crippen LogP contribution is -2.13. The van der Waals surface area contributed by atoms with Crippen LogP contribution in [0, 0.1) is 0 Å². The molecule has 0 spiro atoms. The molecule has 5 nitrogen and oxygen atoms in total. The van der Waals surface area contributed by atoms with Crippen LogP contribution in [-0.2, 0) is 20.1 Å². The monoisotopic (exact) mass is 233 g/mol. The molecule has 0 unspecified atom stereocenters. The zero-order valence-electron chi connectivity index (χ0n) is 10.6. The molecule has 0 bridgehead atoms. The van der Waals surface area contributed by atoms with Gasteiger partial charge in [-0.25, -0.2) is 0 Å². The minimum absolute atomic E-state index is 0.416. The van der Waals surface area contributed by atoms with Gasteiger partial charge in [0.15, 0.2) is 0 Å². The van der Waals surface area contributed by atoms with E-state index in [4.69, 9.17) is 0 Å². The van der Waals surface area contributed by atoms with Crippen LogP contribution in [0.4, 0.5) is 0 Å². The molecule has 92 valence electrons. The van der Waals surface area contributed by atoms with Crippen LogP contribution in [0.25, 0.3) is 0 Å². The van der Waals surface area contributed by atoms with Gasteiger partial charge in [-0.3, -0.25) is 9.36 Å². The molecule has 1 N–H and O–H groups in total. The van der Waals surface area contributed by atoms with Gasteiger partial charge in [0, 0.05) is 44.1 Å². The molecule has 0 aliphatic heterocycles. The number of aryl methyl sites for hydroxylation is 1. The van der Waals surface area contributed by atoms with Gasteiger partial charge >= 0.3 is 0 Å². The molecular weight excluding hydrogens is 214 g/mol. The van der Waals surface area contributed by atoms with Crippen LogP contribution >= 0.6 is 0 Å². The number of hydrogen-bond acceptors (Lipinski definition) is 3. The van der Waals surface area contributed by atoms with Gasteiger partial charge in [-0.05, 0) is 19.9 Å². The van der Waals surface area contributed by atoms with Crippen LogP contribution in [-0.4, -0.2) is 19.6 Å². The van der Waals surface area contributed by atoms with Gasteiger partial charge in [-0.1, -0.05) is 0 Å². The average Bonchev–Trinajstić information content (AvgIpc) is 2.88. The van der Waals surface area contributed by atoms with E-state index >= 15 is 0 Å². The first-order chi connectivity index (χ1) is 8.15. The summed E-state index contributed by atoms with van der Waals surface area (Å²) in [6.07, 6.45) is 5.94.